The number of nitrogens with two attached hydrogens (primary N) is 1. The first-order valence-corrected chi connectivity index (χ1v) is 8.32. The van der Waals surface area contributed by atoms with Crippen molar-refractivity contribution in [3.63, 3.8) is 0 Å². The molecule has 0 spiro atoms. The molecule has 0 atom stereocenters. The van der Waals surface area contributed by atoms with Gasteiger partial charge in [-0.3, -0.25) is 15.0 Å². The van der Waals surface area contributed by atoms with Gasteiger partial charge in [0.15, 0.2) is 0 Å². The summed E-state index contributed by atoms with van der Waals surface area (Å²) in [4.78, 5) is 2.44. The zero-order chi connectivity index (χ0) is 14.7. The number of rotatable bonds is 4. The fourth-order valence-corrected chi connectivity index (χ4v) is 3.64. The summed E-state index contributed by atoms with van der Waals surface area (Å²) in [7, 11) is 0. The van der Waals surface area contributed by atoms with Gasteiger partial charge in [-0.15, -0.1) is 0 Å². The molecular formula is C16H27N5. The maximum atomic E-state index is 7.54. The summed E-state index contributed by atoms with van der Waals surface area (Å²) in [5.41, 5.74) is 6.78. The highest BCUT2D eigenvalue weighted by atomic mass is 15.3. The molecule has 2 fully saturated rings. The van der Waals surface area contributed by atoms with Crippen molar-refractivity contribution in [1.29, 1.82) is 5.41 Å². The third-order valence-corrected chi connectivity index (χ3v) is 5.03. The molecule has 116 valence electrons. The molecule has 5 nitrogen and oxygen atoms in total. The number of nitrogens with one attached hydrogen (secondary N) is 1. The van der Waals surface area contributed by atoms with E-state index in [9.17, 15) is 0 Å². The van der Waals surface area contributed by atoms with Crippen LogP contribution in [0.3, 0.4) is 0 Å². The largest absolute Gasteiger partial charge is 0.387 e. The van der Waals surface area contributed by atoms with Crippen molar-refractivity contribution in [3.05, 3.63) is 18.0 Å². The van der Waals surface area contributed by atoms with Crippen molar-refractivity contribution in [2.45, 2.75) is 57.5 Å². The Morgan fingerprint density at radius 2 is 1.90 bits per heavy atom. The molecule has 0 unspecified atom stereocenters. The van der Waals surface area contributed by atoms with Crippen molar-refractivity contribution in [1.82, 2.24) is 14.7 Å². The second-order valence-electron chi connectivity index (χ2n) is 6.58. The Hall–Kier alpha value is -1.36. The van der Waals surface area contributed by atoms with Crippen LogP contribution in [0, 0.1) is 11.3 Å². The fraction of sp³-hybridized carbons (Fsp3) is 0.750. The van der Waals surface area contributed by atoms with Crippen LogP contribution in [0.1, 0.15) is 56.7 Å². The van der Waals surface area contributed by atoms with Gasteiger partial charge in [0.25, 0.3) is 0 Å². The van der Waals surface area contributed by atoms with Crippen LogP contribution in [0.4, 0.5) is 0 Å². The lowest BCUT2D eigenvalue weighted by atomic mass is 9.96. The Kier molecular flexibility index (Phi) is 4.58. The van der Waals surface area contributed by atoms with E-state index in [-0.39, 0.29) is 0 Å². The predicted molar refractivity (Wildman–Crippen MR) is 84.3 cm³/mol. The molecule has 0 radical (unpaired) electrons. The summed E-state index contributed by atoms with van der Waals surface area (Å²) in [5, 5.41) is 12.3. The molecule has 1 aliphatic heterocycles. The lowest BCUT2D eigenvalue weighted by molar-refractivity contribution is 0.198. The Bertz CT molecular complexity index is 467. The number of piperidine rings is 1. The van der Waals surface area contributed by atoms with E-state index in [1.807, 2.05) is 0 Å². The lowest BCUT2D eigenvalue weighted by Gasteiger charge is -2.30. The van der Waals surface area contributed by atoms with Gasteiger partial charge in [-0.05, 0) is 44.8 Å². The first-order chi connectivity index (χ1) is 10.2. The van der Waals surface area contributed by atoms with E-state index in [4.69, 9.17) is 16.2 Å². The number of hydrogen-bond acceptors (Lipinski definition) is 3. The molecule has 21 heavy (non-hydrogen) atoms. The minimum Gasteiger partial charge on any atom is -0.387 e. The minimum atomic E-state index is 0.293. The summed E-state index contributed by atoms with van der Waals surface area (Å²) in [6, 6.07) is 2.79. The topological polar surface area (TPSA) is 70.9 Å². The lowest BCUT2D eigenvalue weighted by Crippen LogP contribution is -2.37. The van der Waals surface area contributed by atoms with Crippen LogP contribution in [0.15, 0.2) is 12.3 Å². The zero-order valence-corrected chi connectivity index (χ0v) is 12.8. The van der Waals surface area contributed by atoms with Gasteiger partial charge in [-0.2, -0.15) is 5.10 Å². The highest BCUT2D eigenvalue weighted by Gasteiger charge is 2.22. The Labute approximate surface area is 127 Å². The summed E-state index contributed by atoms with van der Waals surface area (Å²) in [6.07, 6.45) is 10.8. The first-order valence-electron chi connectivity index (χ1n) is 8.32. The van der Waals surface area contributed by atoms with Crippen LogP contribution in [-0.4, -0.2) is 33.6 Å². The van der Waals surface area contributed by atoms with Crippen molar-refractivity contribution in [2.24, 2.45) is 11.7 Å². The second kappa shape index (κ2) is 6.60. The van der Waals surface area contributed by atoms with Crippen LogP contribution in [0.25, 0.3) is 0 Å². The van der Waals surface area contributed by atoms with E-state index in [0.717, 1.165) is 32.5 Å². The van der Waals surface area contributed by atoms with E-state index >= 15 is 0 Å². The third-order valence-electron chi connectivity index (χ3n) is 5.03. The van der Waals surface area contributed by atoms with Crippen molar-refractivity contribution in [2.75, 3.05) is 13.1 Å². The molecule has 0 bridgehead atoms. The maximum Gasteiger partial charge on any atom is 0.0937 e. The molecule has 1 aliphatic carbocycles. The monoisotopic (exact) mass is 289 g/mol. The van der Waals surface area contributed by atoms with Gasteiger partial charge >= 0.3 is 0 Å². The van der Waals surface area contributed by atoms with Gasteiger partial charge in [-0.25, -0.2) is 0 Å². The smallest absolute Gasteiger partial charge is 0.0937 e. The van der Waals surface area contributed by atoms with Crippen molar-refractivity contribution < 1.29 is 0 Å². The SMILES string of the molecule is N=C(N)C1CCN(Cc2ccn(C3CCCCC3)n2)CC1. The predicted octanol–water partition coefficient (Wildman–Crippen LogP) is 2.54. The number of amidine groups is 1. The molecule has 3 N–H and O–H groups in total. The molecule has 2 aliphatic rings. The molecule has 1 saturated heterocycles. The van der Waals surface area contributed by atoms with E-state index in [2.05, 4.69) is 21.8 Å². The molecule has 0 aromatic carbocycles. The number of likely N-dealkylation sites (tertiary alicyclic amines) is 1. The minimum absolute atomic E-state index is 0.293. The Morgan fingerprint density at radius 1 is 1.19 bits per heavy atom. The number of nitrogens with zero attached hydrogens (tertiary/aromatic N) is 3. The van der Waals surface area contributed by atoms with Gasteiger partial charge in [0.1, 0.15) is 0 Å². The third kappa shape index (κ3) is 3.64. The van der Waals surface area contributed by atoms with Gasteiger partial charge in [0.05, 0.1) is 17.6 Å². The quantitative estimate of drug-likeness (QED) is 0.661. The second-order valence-corrected chi connectivity index (χ2v) is 6.58. The average Bonchev–Trinajstić information content (AvgIpc) is 2.97. The number of aromatic nitrogens is 2. The van der Waals surface area contributed by atoms with Crippen LogP contribution in [-0.2, 0) is 6.54 Å². The summed E-state index contributed by atoms with van der Waals surface area (Å²) in [6.45, 7) is 2.99. The molecule has 1 saturated carbocycles. The highest BCUT2D eigenvalue weighted by Crippen LogP contribution is 2.27. The Morgan fingerprint density at radius 3 is 2.57 bits per heavy atom. The van der Waals surface area contributed by atoms with Crippen LogP contribution < -0.4 is 5.73 Å². The summed E-state index contributed by atoms with van der Waals surface area (Å²) in [5.74, 6) is 0.650. The van der Waals surface area contributed by atoms with E-state index in [1.54, 1.807) is 0 Å². The average molecular weight is 289 g/mol. The zero-order valence-electron chi connectivity index (χ0n) is 12.8. The maximum absolute atomic E-state index is 7.54. The van der Waals surface area contributed by atoms with E-state index in [1.165, 1.54) is 37.8 Å². The van der Waals surface area contributed by atoms with Crippen LogP contribution in [0.2, 0.25) is 0 Å². The molecule has 2 heterocycles. The highest BCUT2D eigenvalue weighted by molar-refractivity contribution is 5.79. The molecular weight excluding hydrogens is 262 g/mol. The van der Waals surface area contributed by atoms with Gasteiger partial charge < -0.3 is 5.73 Å². The van der Waals surface area contributed by atoms with Crippen LogP contribution >= 0.6 is 0 Å². The van der Waals surface area contributed by atoms with Gasteiger partial charge in [0, 0.05) is 18.7 Å². The fourth-order valence-electron chi connectivity index (χ4n) is 3.64. The molecule has 1 aromatic heterocycles. The Balaban J connectivity index is 1.52. The normalized spacial score (nSPS) is 22.5. The standard InChI is InChI=1S/C16H27N5/c17-16(18)13-6-9-20(10-7-13)12-14-8-11-21(19-14)15-4-2-1-3-5-15/h8,11,13,15H,1-7,9-10,12H2,(H3,17,18). The van der Waals surface area contributed by atoms with Crippen LogP contribution in [0.5, 0.6) is 0 Å². The van der Waals surface area contributed by atoms with E-state index < -0.39 is 0 Å². The van der Waals surface area contributed by atoms with Crippen molar-refractivity contribution in [3.8, 4) is 0 Å². The summed E-state index contributed by atoms with van der Waals surface area (Å²) >= 11 is 0. The van der Waals surface area contributed by atoms with Gasteiger partial charge in [-0.1, -0.05) is 19.3 Å². The summed E-state index contributed by atoms with van der Waals surface area (Å²) < 4.78 is 2.19. The molecule has 5 heteroatoms. The molecule has 1 aromatic rings. The molecule has 3 rings (SSSR count). The van der Waals surface area contributed by atoms with E-state index in [0.29, 0.717) is 17.8 Å². The first kappa shape index (κ1) is 14.6. The van der Waals surface area contributed by atoms with Crippen molar-refractivity contribution >= 4 is 5.84 Å². The van der Waals surface area contributed by atoms with Gasteiger partial charge in [0.2, 0.25) is 0 Å². The number of hydrogen-bond donors (Lipinski definition) is 2. The molecule has 0 amide bonds.